The lowest BCUT2D eigenvalue weighted by Gasteiger charge is -2.40. The van der Waals surface area contributed by atoms with Gasteiger partial charge >= 0.3 is 0 Å². The molecule has 20 heavy (non-hydrogen) atoms. The summed E-state index contributed by atoms with van der Waals surface area (Å²) in [5.41, 5.74) is 0.713. The molecular weight excluding hydrogens is 251 g/mol. The van der Waals surface area contributed by atoms with E-state index in [1.165, 1.54) is 6.07 Å². The first-order chi connectivity index (χ1) is 9.54. The molecule has 2 nitrogen and oxygen atoms in total. The van der Waals surface area contributed by atoms with Crippen LogP contribution in [0.2, 0.25) is 0 Å². The lowest BCUT2D eigenvalue weighted by atomic mass is 9.78. The van der Waals surface area contributed by atoms with Gasteiger partial charge in [0.2, 0.25) is 0 Å². The van der Waals surface area contributed by atoms with Crippen molar-refractivity contribution in [3.8, 4) is 6.07 Å². The van der Waals surface area contributed by atoms with Crippen molar-refractivity contribution in [2.24, 2.45) is 11.8 Å². The Morgan fingerprint density at radius 2 is 2.05 bits per heavy atom. The molecule has 1 saturated carbocycles. The van der Waals surface area contributed by atoms with E-state index < -0.39 is 0 Å². The summed E-state index contributed by atoms with van der Waals surface area (Å²) in [6.07, 6.45) is 3.10. The van der Waals surface area contributed by atoms with Gasteiger partial charge in [0, 0.05) is 17.6 Å². The van der Waals surface area contributed by atoms with E-state index in [0.29, 0.717) is 11.5 Å². The van der Waals surface area contributed by atoms with Crippen LogP contribution in [0.5, 0.6) is 0 Å². The first-order valence-electron chi connectivity index (χ1n) is 7.40. The highest BCUT2D eigenvalue weighted by Gasteiger charge is 2.34. The van der Waals surface area contributed by atoms with E-state index in [4.69, 9.17) is 0 Å². The summed E-state index contributed by atoms with van der Waals surface area (Å²) in [4.78, 5) is 2.18. The molecule has 0 N–H and O–H groups in total. The van der Waals surface area contributed by atoms with Crippen molar-refractivity contribution >= 4 is 0 Å². The van der Waals surface area contributed by atoms with E-state index in [1.807, 2.05) is 26.1 Å². The number of hydrogen-bond acceptors (Lipinski definition) is 2. The molecule has 1 aliphatic carbocycles. The molecule has 0 aliphatic heterocycles. The van der Waals surface area contributed by atoms with Crippen LogP contribution >= 0.6 is 0 Å². The van der Waals surface area contributed by atoms with Gasteiger partial charge in [-0.25, -0.2) is 4.39 Å². The highest BCUT2D eigenvalue weighted by atomic mass is 19.1. The Morgan fingerprint density at radius 3 is 2.70 bits per heavy atom. The topological polar surface area (TPSA) is 27.0 Å². The molecule has 3 heteroatoms. The smallest absolute Gasteiger partial charge is 0.127 e. The van der Waals surface area contributed by atoms with Crippen LogP contribution in [0.4, 0.5) is 4.39 Å². The van der Waals surface area contributed by atoms with Crippen molar-refractivity contribution in [1.82, 2.24) is 4.90 Å². The Kier molecular flexibility index (Phi) is 4.77. The highest BCUT2D eigenvalue weighted by molar-refractivity contribution is 5.21. The summed E-state index contributed by atoms with van der Waals surface area (Å²) in [6.45, 7) is 4.26. The quantitative estimate of drug-likeness (QED) is 0.828. The summed E-state index contributed by atoms with van der Waals surface area (Å²) in [7, 11) is 2.02. The molecule has 0 heterocycles. The first-order valence-corrected chi connectivity index (χ1v) is 7.40. The fourth-order valence-corrected chi connectivity index (χ4v) is 3.27. The van der Waals surface area contributed by atoms with Crippen LogP contribution in [0, 0.1) is 29.0 Å². The maximum atomic E-state index is 13.9. The zero-order valence-electron chi connectivity index (χ0n) is 12.5. The van der Waals surface area contributed by atoms with Crippen LogP contribution in [0.25, 0.3) is 0 Å². The zero-order valence-corrected chi connectivity index (χ0v) is 12.5. The number of benzene rings is 1. The normalized spacial score (nSPS) is 28.1. The molecule has 1 aromatic rings. The van der Waals surface area contributed by atoms with Gasteiger partial charge in [-0.1, -0.05) is 25.1 Å². The molecule has 4 unspecified atom stereocenters. The Hall–Kier alpha value is -1.40. The Balaban J connectivity index is 2.19. The van der Waals surface area contributed by atoms with Crippen molar-refractivity contribution in [2.75, 3.05) is 7.05 Å². The monoisotopic (exact) mass is 274 g/mol. The molecular formula is C17H23FN2. The van der Waals surface area contributed by atoms with Crippen molar-refractivity contribution in [1.29, 1.82) is 5.26 Å². The summed E-state index contributed by atoms with van der Waals surface area (Å²) >= 11 is 0. The number of nitrogens with zero attached hydrogens (tertiary/aromatic N) is 2. The van der Waals surface area contributed by atoms with Crippen molar-refractivity contribution in [3.63, 3.8) is 0 Å². The SMILES string of the molecule is CC1CCC(C#N)C(N(C)C(C)c2ccccc2F)C1. The van der Waals surface area contributed by atoms with Gasteiger partial charge in [0.15, 0.2) is 0 Å². The third-order valence-corrected chi connectivity index (χ3v) is 4.73. The van der Waals surface area contributed by atoms with E-state index in [0.717, 1.165) is 19.3 Å². The van der Waals surface area contributed by atoms with Crippen molar-refractivity contribution in [2.45, 2.75) is 45.2 Å². The summed E-state index contributed by atoms with van der Waals surface area (Å²) in [5.74, 6) is 0.537. The predicted molar refractivity (Wildman–Crippen MR) is 78.5 cm³/mol. The molecule has 0 spiro atoms. The minimum Gasteiger partial charge on any atom is -0.295 e. The number of nitriles is 1. The van der Waals surface area contributed by atoms with E-state index in [2.05, 4.69) is 17.9 Å². The molecule has 0 aromatic heterocycles. The molecule has 2 rings (SSSR count). The Morgan fingerprint density at radius 1 is 1.35 bits per heavy atom. The number of hydrogen-bond donors (Lipinski definition) is 0. The van der Waals surface area contributed by atoms with Crippen LogP contribution < -0.4 is 0 Å². The molecule has 0 bridgehead atoms. The van der Waals surface area contributed by atoms with E-state index in [1.54, 1.807) is 6.07 Å². The zero-order chi connectivity index (χ0) is 14.7. The minimum absolute atomic E-state index is 0.0117. The van der Waals surface area contributed by atoms with Crippen LogP contribution in [0.3, 0.4) is 0 Å². The predicted octanol–water partition coefficient (Wildman–Crippen LogP) is 4.15. The average Bonchev–Trinajstić information content (AvgIpc) is 2.46. The summed E-state index contributed by atoms with van der Waals surface area (Å²) < 4.78 is 13.9. The third kappa shape index (κ3) is 3.02. The molecule has 0 radical (unpaired) electrons. The van der Waals surface area contributed by atoms with Gasteiger partial charge in [0.1, 0.15) is 5.82 Å². The summed E-state index contributed by atoms with van der Waals surface area (Å²) in [6, 6.07) is 9.58. The number of halogens is 1. The van der Waals surface area contributed by atoms with Gasteiger partial charge in [-0.15, -0.1) is 0 Å². The molecule has 4 atom stereocenters. The van der Waals surface area contributed by atoms with Crippen LogP contribution in [-0.2, 0) is 0 Å². The van der Waals surface area contributed by atoms with Gasteiger partial charge < -0.3 is 0 Å². The maximum Gasteiger partial charge on any atom is 0.127 e. The second-order valence-corrected chi connectivity index (χ2v) is 6.08. The second kappa shape index (κ2) is 6.37. The van der Waals surface area contributed by atoms with Gasteiger partial charge in [-0.05, 0) is 45.2 Å². The van der Waals surface area contributed by atoms with E-state index in [9.17, 15) is 9.65 Å². The maximum absolute atomic E-state index is 13.9. The lowest BCUT2D eigenvalue weighted by molar-refractivity contribution is 0.0962. The molecule has 1 aliphatic rings. The van der Waals surface area contributed by atoms with E-state index >= 15 is 0 Å². The van der Waals surface area contributed by atoms with Gasteiger partial charge in [0.05, 0.1) is 12.0 Å². The van der Waals surface area contributed by atoms with Gasteiger partial charge in [-0.2, -0.15) is 5.26 Å². The van der Waals surface area contributed by atoms with Crippen molar-refractivity contribution in [3.05, 3.63) is 35.6 Å². The number of rotatable bonds is 3. The molecule has 0 amide bonds. The standard InChI is InChI=1S/C17H23FN2/c1-12-8-9-14(11-19)17(10-12)20(3)13(2)15-6-4-5-7-16(15)18/h4-7,12-14,17H,8-10H2,1-3H3. The minimum atomic E-state index is -0.163. The Labute approximate surface area is 121 Å². The molecule has 1 fully saturated rings. The summed E-state index contributed by atoms with van der Waals surface area (Å²) in [5, 5.41) is 9.35. The molecule has 0 saturated heterocycles. The average molecular weight is 274 g/mol. The Bertz CT molecular complexity index is 494. The second-order valence-electron chi connectivity index (χ2n) is 6.08. The van der Waals surface area contributed by atoms with Gasteiger partial charge in [-0.3, -0.25) is 4.90 Å². The lowest BCUT2D eigenvalue weighted by Crippen LogP contribution is -2.42. The molecule has 1 aromatic carbocycles. The van der Waals surface area contributed by atoms with Crippen LogP contribution in [0.1, 0.15) is 44.7 Å². The van der Waals surface area contributed by atoms with Crippen molar-refractivity contribution < 1.29 is 4.39 Å². The highest BCUT2D eigenvalue weighted by Crippen LogP contribution is 2.35. The van der Waals surface area contributed by atoms with Crippen LogP contribution in [0.15, 0.2) is 24.3 Å². The molecule has 108 valence electrons. The fourth-order valence-electron chi connectivity index (χ4n) is 3.27. The first kappa shape index (κ1) is 15.0. The van der Waals surface area contributed by atoms with Gasteiger partial charge in [0.25, 0.3) is 0 Å². The van der Waals surface area contributed by atoms with Crippen LogP contribution in [-0.4, -0.2) is 18.0 Å². The largest absolute Gasteiger partial charge is 0.295 e. The van der Waals surface area contributed by atoms with E-state index in [-0.39, 0.29) is 23.8 Å². The third-order valence-electron chi connectivity index (χ3n) is 4.73. The fraction of sp³-hybridized carbons (Fsp3) is 0.588.